The average Bonchev–Trinajstić information content (AvgIpc) is 2.98. The molecule has 1 aliphatic rings. The quantitative estimate of drug-likeness (QED) is 0.633. The lowest BCUT2D eigenvalue weighted by molar-refractivity contribution is -0.113. The summed E-state index contributed by atoms with van der Waals surface area (Å²) in [6.07, 6.45) is 0. The Hall–Kier alpha value is -3.11. The third-order valence-electron chi connectivity index (χ3n) is 5.45. The minimum atomic E-state index is -3.88. The molecular formula is C21H24N4O5S. The van der Waals surface area contributed by atoms with Crippen LogP contribution in [0, 0.1) is 0 Å². The van der Waals surface area contributed by atoms with E-state index in [2.05, 4.69) is 10.2 Å². The number of hydrogen-bond acceptors (Lipinski definition) is 6. The van der Waals surface area contributed by atoms with Gasteiger partial charge < -0.3 is 15.0 Å². The fraction of sp³-hybridized carbons (Fsp3) is 0.333. The van der Waals surface area contributed by atoms with Gasteiger partial charge in [-0.2, -0.15) is 0 Å². The fourth-order valence-electron chi connectivity index (χ4n) is 3.71. The normalized spacial score (nSPS) is 14.7. The minimum absolute atomic E-state index is 0.000912. The van der Waals surface area contributed by atoms with Gasteiger partial charge in [0.05, 0.1) is 29.1 Å². The van der Waals surface area contributed by atoms with Gasteiger partial charge in [0.25, 0.3) is 0 Å². The number of imidazole rings is 1. The molecule has 2 aromatic carbocycles. The van der Waals surface area contributed by atoms with Crippen LogP contribution in [0.1, 0.15) is 0 Å². The summed E-state index contributed by atoms with van der Waals surface area (Å²) in [6.45, 7) is 2.97. The number of aryl methyl sites for hydroxylation is 2. The number of nitrogens with zero attached hydrogens (tertiary/aromatic N) is 3. The first-order chi connectivity index (χ1) is 14.8. The number of morpholine rings is 1. The summed E-state index contributed by atoms with van der Waals surface area (Å²) in [5, 5.41) is 2.64. The molecule has 31 heavy (non-hydrogen) atoms. The van der Waals surface area contributed by atoms with Crippen molar-refractivity contribution in [2.45, 2.75) is 4.90 Å². The predicted molar refractivity (Wildman–Crippen MR) is 118 cm³/mol. The van der Waals surface area contributed by atoms with Crippen molar-refractivity contribution in [2.75, 3.05) is 42.3 Å². The molecule has 0 spiro atoms. The summed E-state index contributed by atoms with van der Waals surface area (Å²) < 4.78 is 33.7. The fourth-order valence-corrected chi connectivity index (χ4v) is 4.86. The van der Waals surface area contributed by atoms with E-state index in [9.17, 15) is 18.0 Å². The first-order valence-corrected chi connectivity index (χ1v) is 11.5. The first kappa shape index (κ1) is 21.1. The number of benzene rings is 2. The number of nitrogens with one attached hydrogen (secondary N) is 1. The highest BCUT2D eigenvalue weighted by atomic mass is 32.2. The molecule has 1 N–H and O–H groups in total. The van der Waals surface area contributed by atoms with Gasteiger partial charge in [-0.3, -0.25) is 13.9 Å². The highest BCUT2D eigenvalue weighted by molar-refractivity contribution is 7.92. The van der Waals surface area contributed by atoms with Crippen molar-refractivity contribution in [3.8, 4) is 0 Å². The lowest BCUT2D eigenvalue weighted by Crippen LogP contribution is -2.36. The van der Waals surface area contributed by atoms with Gasteiger partial charge >= 0.3 is 5.69 Å². The molecule has 0 atom stereocenters. The molecule has 10 heteroatoms. The monoisotopic (exact) mass is 444 g/mol. The predicted octanol–water partition coefficient (Wildman–Crippen LogP) is 1.13. The van der Waals surface area contributed by atoms with Crippen LogP contribution in [-0.2, 0) is 33.5 Å². The molecule has 9 nitrogen and oxygen atoms in total. The van der Waals surface area contributed by atoms with E-state index >= 15 is 0 Å². The van der Waals surface area contributed by atoms with E-state index in [1.807, 2.05) is 12.1 Å². The number of amides is 1. The number of ether oxygens (including phenoxy) is 1. The Morgan fingerprint density at radius 3 is 2.32 bits per heavy atom. The Morgan fingerprint density at radius 2 is 1.65 bits per heavy atom. The zero-order valence-corrected chi connectivity index (χ0v) is 18.2. The van der Waals surface area contributed by atoms with Gasteiger partial charge in [0.2, 0.25) is 5.91 Å². The van der Waals surface area contributed by atoms with Crippen LogP contribution < -0.4 is 15.9 Å². The van der Waals surface area contributed by atoms with Gasteiger partial charge in [-0.1, -0.05) is 0 Å². The van der Waals surface area contributed by atoms with Crippen LogP contribution in [0.2, 0.25) is 0 Å². The number of aromatic nitrogens is 2. The minimum Gasteiger partial charge on any atom is -0.378 e. The van der Waals surface area contributed by atoms with Crippen LogP contribution in [0.4, 0.5) is 11.4 Å². The maximum absolute atomic E-state index is 12.8. The van der Waals surface area contributed by atoms with Gasteiger partial charge in [0.15, 0.2) is 9.84 Å². The van der Waals surface area contributed by atoms with Crippen molar-refractivity contribution in [3.05, 3.63) is 52.9 Å². The molecule has 1 aliphatic heterocycles. The van der Waals surface area contributed by atoms with Gasteiger partial charge in [-0.25, -0.2) is 13.2 Å². The Kier molecular flexibility index (Phi) is 5.59. The number of anilines is 2. The van der Waals surface area contributed by atoms with Gasteiger partial charge in [0.1, 0.15) is 5.75 Å². The number of rotatable bonds is 5. The van der Waals surface area contributed by atoms with Crippen molar-refractivity contribution in [1.29, 1.82) is 0 Å². The van der Waals surface area contributed by atoms with E-state index in [0.29, 0.717) is 29.9 Å². The molecule has 164 valence electrons. The van der Waals surface area contributed by atoms with E-state index in [1.54, 1.807) is 32.3 Å². The molecule has 0 unspecified atom stereocenters. The third kappa shape index (κ3) is 4.21. The van der Waals surface area contributed by atoms with E-state index < -0.39 is 21.5 Å². The number of fused-ring (bicyclic) bond motifs is 1. The second-order valence-corrected chi connectivity index (χ2v) is 9.49. The number of hydrogen-bond donors (Lipinski definition) is 1. The van der Waals surface area contributed by atoms with Gasteiger partial charge in [0, 0.05) is 38.6 Å². The largest absolute Gasteiger partial charge is 0.378 e. The average molecular weight is 445 g/mol. The molecule has 4 rings (SSSR count). The zero-order valence-electron chi connectivity index (χ0n) is 17.4. The molecular weight excluding hydrogens is 420 g/mol. The molecule has 2 heterocycles. The second kappa shape index (κ2) is 8.20. The maximum Gasteiger partial charge on any atom is 0.328 e. The molecule has 0 bridgehead atoms. The van der Waals surface area contributed by atoms with Crippen molar-refractivity contribution in [1.82, 2.24) is 9.13 Å². The van der Waals surface area contributed by atoms with E-state index in [1.165, 1.54) is 21.3 Å². The SMILES string of the molecule is Cn1c(=O)n(C)c2cc(S(=O)(=O)CC(=O)Nc3ccc(N4CCOCC4)cc3)ccc21. The second-order valence-electron chi connectivity index (χ2n) is 7.50. The highest BCUT2D eigenvalue weighted by Crippen LogP contribution is 2.21. The Bertz CT molecular complexity index is 1290. The summed E-state index contributed by atoms with van der Waals surface area (Å²) in [5.41, 5.74) is 2.42. The van der Waals surface area contributed by atoms with Crippen molar-refractivity contribution in [3.63, 3.8) is 0 Å². The zero-order chi connectivity index (χ0) is 22.2. The van der Waals surface area contributed by atoms with Crippen LogP contribution >= 0.6 is 0 Å². The van der Waals surface area contributed by atoms with Crippen LogP contribution in [0.25, 0.3) is 11.0 Å². The van der Waals surface area contributed by atoms with E-state index in [0.717, 1.165) is 18.8 Å². The van der Waals surface area contributed by atoms with E-state index in [-0.39, 0.29) is 10.6 Å². The molecule has 1 fully saturated rings. The van der Waals surface area contributed by atoms with Gasteiger partial charge in [-0.15, -0.1) is 0 Å². The summed E-state index contributed by atoms with van der Waals surface area (Å²) in [4.78, 5) is 26.6. The topological polar surface area (TPSA) is 103 Å². The lowest BCUT2D eigenvalue weighted by atomic mass is 10.2. The Labute approximate surface area is 179 Å². The first-order valence-electron chi connectivity index (χ1n) is 9.87. The summed E-state index contributed by atoms with van der Waals surface area (Å²) in [7, 11) is -0.676. The number of carbonyl (C=O) groups is 1. The van der Waals surface area contributed by atoms with Crippen LogP contribution in [0.5, 0.6) is 0 Å². The number of sulfone groups is 1. The molecule has 0 saturated carbocycles. The molecule has 0 aliphatic carbocycles. The van der Waals surface area contributed by atoms with Crippen molar-refractivity contribution in [2.24, 2.45) is 14.1 Å². The van der Waals surface area contributed by atoms with E-state index in [4.69, 9.17) is 4.74 Å². The van der Waals surface area contributed by atoms with Crippen LogP contribution in [-0.4, -0.2) is 55.5 Å². The molecule has 1 amide bonds. The lowest BCUT2D eigenvalue weighted by Gasteiger charge is -2.28. The Balaban J connectivity index is 1.47. The standard InChI is InChI=1S/C21H24N4O5S/c1-23-18-8-7-17(13-19(18)24(2)21(23)27)31(28,29)14-20(26)22-15-3-5-16(6-4-15)25-9-11-30-12-10-25/h3-8,13H,9-12,14H2,1-2H3,(H,22,26). The third-order valence-corrected chi connectivity index (χ3v) is 7.07. The molecule has 1 saturated heterocycles. The summed E-state index contributed by atoms with van der Waals surface area (Å²) in [5.74, 6) is -1.31. The van der Waals surface area contributed by atoms with Gasteiger partial charge in [-0.05, 0) is 42.5 Å². The summed E-state index contributed by atoms with van der Waals surface area (Å²) in [6, 6.07) is 11.7. The van der Waals surface area contributed by atoms with Crippen molar-refractivity contribution < 1.29 is 17.9 Å². The summed E-state index contributed by atoms with van der Waals surface area (Å²) >= 11 is 0. The number of carbonyl (C=O) groups excluding carboxylic acids is 1. The van der Waals surface area contributed by atoms with Crippen LogP contribution in [0.3, 0.4) is 0 Å². The Morgan fingerprint density at radius 1 is 1.00 bits per heavy atom. The molecule has 3 aromatic rings. The highest BCUT2D eigenvalue weighted by Gasteiger charge is 2.21. The van der Waals surface area contributed by atoms with Crippen LogP contribution in [0.15, 0.2) is 52.2 Å². The smallest absolute Gasteiger partial charge is 0.328 e. The molecule has 1 aromatic heterocycles. The van der Waals surface area contributed by atoms with Crippen molar-refractivity contribution >= 4 is 38.2 Å². The molecule has 0 radical (unpaired) electrons. The maximum atomic E-state index is 12.8.